The lowest BCUT2D eigenvalue weighted by Crippen LogP contribution is -2.29. The second-order valence-electron chi connectivity index (χ2n) is 7.28. The molecule has 1 atom stereocenters. The van der Waals surface area contributed by atoms with E-state index in [0.29, 0.717) is 17.3 Å². The lowest BCUT2D eigenvalue weighted by Gasteiger charge is -2.15. The molecule has 3 aromatic rings. The summed E-state index contributed by atoms with van der Waals surface area (Å²) in [6, 6.07) is 12.7. The standard InChI is InChI=1S/C23H26N4O3/c1-4-20(28)26-18-10-8-17(9-11-18)16(3)25-21(29)12-13-27-14-24-22-15(2)6-5-7-19(22)23(27)30/h5-11,14,16H,4,12-13H2,1-3H3,(H,25,29)(H,26,28). The summed E-state index contributed by atoms with van der Waals surface area (Å²) in [5, 5.41) is 6.29. The first-order valence-electron chi connectivity index (χ1n) is 10.0. The molecule has 0 aliphatic rings. The van der Waals surface area contributed by atoms with E-state index < -0.39 is 0 Å². The van der Waals surface area contributed by atoms with Gasteiger partial charge in [-0.1, -0.05) is 31.2 Å². The normalized spacial score (nSPS) is 11.8. The molecule has 1 heterocycles. The lowest BCUT2D eigenvalue weighted by atomic mass is 10.1. The zero-order valence-electron chi connectivity index (χ0n) is 17.4. The second kappa shape index (κ2) is 9.35. The number of hydrogen-bond donors (Lipinski definition) is 2. The first-order chi connectivity index (χ1) is 14.4. The fourth-order valence-electron chi connectivity index (χ4n) is 3.22. The molecule has 0 aliphatic carbocycles. The van der Waals surface area contributed by atoms with Gasteiger partial charge in [0.15, 0.2) is 0 Å². The minimum atomic E-state index is -0.192. The number of carbonyl (C=O) groups is 2. The monoisotopic (exact) mass is 406 g/mol. The number of nitrogens with zero attached hydrogens (tertiary/aromatic N) is 2. The van der Waals surface area contributed by atoms with Crippen molar-refractivity contribution in [2.75, 3.05) is 5.32 Å². The molecule has 0 saturated heterocycles. The first-order valence-corrected chi connectivity index (χ1v) is 10.0. The number of rotatable bonds is 7. The summed E-state index contributed by atoms with van der Waals surface area (Å²) in [6.07, 6.45) is 2.09. The van der Waals surface area contributed by atoms with Crippen molar-refractivity contribution >= 4 is 28.4 Å². The van der Waals surface area contributed by atoms with Crippen molar-refractivity contribution in [3.63, 3.8) is 0 Å². The fourth-order valence-corrected chi connectivity index (χ4v) is 3.22. The van der Waals surface area contributed by atoms with Crippen molar-refractivity contribution in [3.05, 3.63) is 70.3 Å². The third kappa shape index (κ3) is 4.92. The average molecular weight is 406 g/mol. The average Bonchev–Trinajstić information content (AvgIpc) is 2.74. The molecule has 7 nitrogen and oxygen atoms in total. The Hall–Kier alpha value is -3.48. The molecule has 1 aromatic heterocycles. The molecule has 0 saturated carbocycles. The molecule has 1 unspecified atom stereocenters. The maximum absolute atomic E-state index is 12.6. The molecule has 30 heavy (non-hydrogen) atoms. The number of fused-ring (bicyclic) bond motifs is 1. The Labute approximate surface area is 175 Å². The third-order valence-electron chi connectivity index (χ3n) is 5.03. The van der Waals surface area contributed by atoms with E-state index in [1.54, 1.807) is 13.0 Å². The highest BCUT2D eigenvalue weighted by Crippen LogP contribution is 2.16. The molecule has 2 N–H and O–H groups in total. The van der Waals surface area contributed by atoms with E-state index in [-0.39, 0.29) is 36.4 Å². The minimum Gasteiger partial charge on any atom is -0.350 e. The summed E-state index contributed by atoms with van der Waals surface area (Å²) in [5.74, 6) is -0.195. The SMILES string of the molecule is CCC(=O)Nc1ccc(C(C)NC(=O)CCn2cnc3c(C)cccc3c2=O)cc1. The highest BCUT2D eigenvalue weighted by molar-refractivity contribution is 5.90. The number of para-hydroxylation sites is 1. The minimum absolute atomic E-state index is 0.0438. The molecule has 2 aromatic carbocycles. The molecular formula is C23H26N4O3. The Kier molecular flexibility index (Phi) is 6.61. The van der Waals surface area contributed by atoms with Crippen LogP contribution in [0.25, 0.3) is 10.9 Å². The van der Waals surface area contributed by atoms with E-state index in [1.807, 2.05) is 50.2 Å². The predicted molar refractivity (Wildman–Crippen MR) is 117 cm³/mol. The van der Waals surface area contributed by atoms with Crippen LogP contribution in [0.2, 0.25) is 0 Å². The van der Waals surface area contributed by atoms with Gasteiger partial charge in [-0.15, -0.1) is 0 Å². The highest BCUT2D eigenvalue weighted by Gasteiger charge is 2.12. The van der Waals surface area contributed by atoms with Crippen LogP contribution in [0, 0.1) is 6.92 Å². The van der Waals surface area contributed by atoms with Gasteiger partial charge >= 0.3 is 0 Å². The van der Waals surface area contributed by atoms with Crippen LogP contribution in [0.3, 0.4) is 0 Å². The number of aryl methyl sites for hydroxylation is 2. The molecule has 2 amide bonds. The Morgan fingerprint density at radius 2 is 1.83 bits per heavy atom. The van der Waals surface area contributed by atoms with Gasteiger partial charge in [0.05, 0.1) is 23.3 Å². The Morgan fingerprint density at radius 3 is 2.53 bits per heavy atom. The van der Waals surface area contributed by atoms with Crippen molar-refractivity contribution < 1.29 is 9.59 Å². The van der Waals surface area contributed by atoms with E-state index in [0.717, 1.165) is 16.8 Å². The molecule has 0 radical (unpaired) electrons. The van der Waals surface area contributed by atoms with Gasteiger partial charge in [-0.25, -0.2) is 4.98 Å². The van der Waals surface area contributed by atoms with Crippen molar-refractivity contribution in [3.8, 4) is 0 Å². The zero-order chi connectivity index (χ0) is 21.7. The number of amides is 2. The molecule has 3 rings (SSSR count). The van der Waals surface area contributed by atoms with Gasteiger partial charge < -0.3 is 10.6 Å². The van der Waals surface area contributed by atoms with Crippen LogP contribution in [0.5, 0.6) is 0 Å². The summed E-state index contributed by atoms with van der Waals surface area (Å²) in [7, 11) is 0. The summed E-state index contributed by atoms with van der Waals surface area (Å²) in [6.45, 7) is 5.86. The Balaban J connectivity index is 1.59. The molecule has 0 aliphatic heterocycles. The van der Waals surface area contributed by atoms with Crippen LogP contribution in [0.15, 0.2) is 53.6 Å². The molecular weight excluding hydrogens is 380 g/mol. The quantitative estimate of drug-likeness (QED) is 0.629. The van der Waals surface area contributed by atoms with Crippen LogP contribution < -0.4 is 16.2 Å². The number of aromatic nitrogens is 2. The van der Waals surface area contributed by atoms with Crippen molar-refractivity contribution in [1.82, 2.24) is 14.9 Å². The van der Waals surface area contributed by atoms with E-state index in [4.69, 9.17) is 0 Å². The largest absolute Gasteiger partial charge is 0.350 e. The number of anilines is 1. The van der Waals surface area contributed by atoms with Crippen LogP contribution >= 0.6 is 0 Å². The summed E-state index contributed by atoms with van der Waals surface area (Å²) in [5.41, 5.74) is 3.15. The van der Waals surface area contributed by atoms with Gasteiger partial charge in [0.2, 0.25) is 11.8 Å². The molecule has 7 heteroatoms. The summed E-state index contributed by atoms with van der Waals surface area (Å²) >= 11 is 0. The topological polar surface area (TPSA) is 93.1 Å². The second-order valence-corrected chi connectivity index (χ2v) is 7.28. The lowest BCUT2D eigenvalue weighted by molar-refractivity contribution is -0.122. The van der Waals surface area contributed by atoms with Crippen molar-refractivity contribution in [1.29, 1.82) is 0 Å². The number of hydrogen-bond acceptors (Lipinski definition) is 4. The van der Waals surface area contributed by atoms with E-state index in [2.05, 4.69) is 15.6 Å². The van der Waals surface area contributed by atoms with E-state index >= 15 is 0 Å². The number of nitrogens with one attached hydrogen (secondary N) is 2. The van der Waals surface area contributed by atoms with Gasteiger partial charge in [0, 0.05) is 25.1 Å². The third-order valence-corrected chi connectivity index (χ3v) is 5.03. The van der Waals surface area contributed by atoms with E-state index in [1.165, 1.54) is 10.9 Å². The molecule has 0 bridgehead atoms. The smallest absolute Gasteiger partial charge is 0.261 e. The number of benzene rings is 2. The Morgan fingerprint density at radius 1 is 1.10 bits per heavy atom. The molecule has 0 spiro atoms. The Bertz CT molecular complexity index is 1120. The highest BCUT2D eigenvalue weighted by atomic mass is 16.2. The van der Waals surface area contributed by atoms with Crippen molar-refractivity contribution in [2.45, 2.75) is 46.2 Å². The van der Waals surface area contributed by atoms with Crippen LogP contribution in [-0.2, 0) is 16.1 Å². The van der Waals surface area contributed by atoms with Gasteiger partial charge in [-0.2, -0.15) is 0 Å². The number of carbonyl (C=O) groups excluding carboxylic acids is 2. The van der Waals surface area contributed by atoms with Gasteiger partial charge in [-0.3, -0.25) is 19.0 Å². The van der Waals surface area contributed by atoms with E-state index in [9.17, 15) is 14.4 Å². The van der Waals surface area contributed by atoms with Crippen LogP contribution in [0.1, 0.15) is 43.9 Å². The maximum atomic E-state index is 12.6. The van der Waals surface area contributed by atoms with Gasteiger partial charge in [-0.05, 0) is 43.2 Å². The maximum Gasteiger partial charge on any atom is 0.261 e. The summed E-state index contributed by atoms with van der Waals surface area (Å²) in [4.78, 5) is 40.8. The van der Waals surface area contributed by atoms with Crippen LogP contribution in [-0.4, -0.2) is 21.4 Å². The van der Waals surface area contributed by atoms with Crippen molar-refractivity contribution in [2.24, 2.45) is 0 Å². The van der Waals surface area contributed by atoms with Crippen LogP contribution in [0.4, 0.5) is 5.69 Å². The van der Waals surface area contributed by atoms with Gasteiger partial charge in [0.1, 0.15) is 0 Å². The molecule has 0 fully saturated rings. The van der Waals surface area contributed by atoms with Gasteiger partial charge in [0.25, 0.3) is 5.56 Å². The predicted octanol–water partition coefficient (Wildman–Crippen LogP) is 3.32. The fraction of sp³-hybridized carbons (Fsp3) is 0.304. The summed E-state index contributed by atoms with van der Waals surface area (Å²) < 4.78 is 1.47. The first kappa shape index (κ1) is 21.2. The molecule has 156 valence electrons. The zero-order valence-corrected chi connectivity index (χ0v) is 17.4.